The standard InChI is InChI=1S/C9H10BrNO3/c1-14-11(9(12)13)8-5-3-2-4-7(8)6-10/h2-5H,6H2,1H3,(H,12,13). The van der Waals surface area contributed by atoms with Crippen molar-refractivity contribution >= 4 is 27.7 Å². The number of alkyl halides is 1. The highest BCUT2D eigenvalue weighted by molar-refractivity contribution is 9.08. The lowest BCUT2D eigenvalue weighted by Gasteiger charge is -2.18. The van der Waals surface area contributed by atoms with Gasteiger partial charge in [0, 0.05) is 5.33 Å². The molecule has 0 aliphatic carbocycles. The van der Waals surface area contributed by atoms with Gasteiger partial charge in [-0.15, -0.1) is 0 Å². The molecule has 4 nitrogen and oxygen atoms in total. The molecule has 0 heterocycles. The van der Waals surface area contributed by atoms with Crippen molar-refractivity contribution in [2.45, 2.75) is 5.33 Å². The first kappa shape index (κ1) is 11.0. The minimum absolute atomic E-state index is 0.527. The summed E-state index contributed by atoms with van der Waals surface area (Å²) >= 11 is 3.28. The zero-order valence-corrected chi connectivity index (χ0v) is 9.19. The first-order chi connectivity index (χ1) is 6.70. The molecule has 1 N–H and O–H groups in total. The van der Waals surface area contributed by atoms with E-state index in [0.717, 1.165) is 10.6 Å². The zero-order chi connectivity index (χ0) is 10.6. The predicted molar refractivity (Wildman–Crippen MR) is 56.6 cm³/mol. The van der Waals surface area contributed by atoms with Gasteiger partial charge in [-0.1, -0.05) is 34.1 Å². The monoisotopic (exact) mass is 259 g/mol. The van der Waals surface area contributed by atoms with E-state index in [9.17, 15) is 4.79 Å². The second kappa shape index (κ2) is 4.97. The van der Waals surface area contributed by atoms with E-state index >= 15 is 0 Å². The molecule has 1 rings (SSSR count). The van der Waals surface area contributed by atoms with Crippen LogP contribution in [0.1, 0.15) is 5.56 Å². The first-order valence-electron chi connectivity index (χ1n) is 3.91. The molecule has 0 aliphatic heterocycles. The summed E-state index contributed by atoms with van der Waals surface area (Å²) in [5, 5.41) is 10.2. The van der Waals surface area contributed by atoms with Crippen molar-refractivity contribution < 1.29 is 14.7 Å². The predicted octanol–water partition coefficient (Wildman–Crippen LogP) is 2.63. The van der Waals surface area contributed by atoms with E-state index in [2.05, 4.69) is 15.9 Å². The largest absolute Gasteiger partial charge is 0.463 e. The molecule has 0 aliphatic rings. The van der Waals surface area contributed by atoms with E-state index in [4.69, 9.17) is 9.94 Å². The molecule has 0 bridgehead atoms. The van der Waals surface area contributed by atoms with Crippen molar-refractivity contribution in [1.29, 1.82) is 0 Å². The van der Waals surface area contributed by atoms with Crippen LogP contribution < -0.4 is 5.06 Å². The van der Waals surface area contributed by atoms with Crippen LogP contribution in [-0.4, -0.2) is 18.3 Å². The lowest BCUT2D eigenvalue weighted by atomic mass is 10.2. The van der Waals surface area contributed by atoms with Crippen LogP contribution in [-0.2, 0) is 10.2 Å². The molecular formula is C9H10BrNO3. The highest BCUT2D eigenvalue weighted by Crippen LogP contribution is 2.22. The number of hydrogen-bond acceptors (Lipinski definition) is 2. The molecule has 5 heteroatoms. The molecule has 0 unspecified atom stereocenters. The number of carbonyl (C=O) groups is 1. The Morgan fingerprint density at radius 1 is 1.57 bits per heavy atom. The van der Waals surface area contributed by atoms with Crippen molar-refractivity contribution in [1.82, 2.24) is 0 Å². The maximum Gasteiger partial charge on any atom is 0.436 e. The van der Waals surface area contributed by atoms with Crippen molar-refractivity contribution in [3.63, 3.8) is 0 Å². The average Bonchev–Trinajstić information content (AvgIpc) is 2.19. The van der Waals surface area contributed by atoms with Crippen LogP contribution in [0.25, 0.3) is 0 Å². The highest BCUT2D eigenvalue weighted by Gasteiger charge is 2.16. The van der Waals surface area contributed by atoms with Gasteiger partial charge in [0.05, 0.1) is 12.8 Å². The number of rotatable bonds is 3. The maximum absolute atomic E-state index is 10.8. The molecule has 76 valence electrons. The van der Waals surface area contributed by atoms with E-state index < -0.39 is 6.09 Å². The highest BCUT2D eigenvalue weighted by atomic mass is 79.9. The Kier molecular flexibility index (Phi) is 3.91. The van der Waals surface area contributed by atoms with Crippen molar-refractivity contribution in [2.24, 2.45) is 0 Å². The number of amides is 1. The zero-order valence-electron chi connectivity index (χ0n) is 7.61. The second-order valence-electron chi connectivity index (χ2n) is 2.52. The molecule has 1 aromatic carbocycles. The number of halogens is 1. The van der Waals surface area contributed by atoms with E-state index in [1.165, 1.54) is 7.11 Å². The summed E-state index contributed by atoms with van der Waals surface area (Å²) in [7, 11) is 1.32. The lowest BCUT2D eigenvalue weighted by Crippen LogP contribution is -2.28. The van der Waals surface area contributed by atoms with Crippen LogP contribution >= 0.6 is 15.9 Å². The fourth-order valence-corrected chi connectivity index (χ4v) is 1.58. The fraction of sp³-hybridized carbons (Fsp3) is 0.222. The molecule has 0 saturated carbocycles. The number of anilines is 1. The number of para-hydroxylation sites is 1. The lowest BCUT2D eigenvalue weighted by molar-refractivity contribution is 0.130. The third kappa shape index (κ3) is 2.24. The summed E-state index contributed by atoms with van der Waals surface area (Å²) in [6.45, 7) is 0. The molecule has 1 amide bonds. The minimum Gasteiger partial charge on any atom is -0.463 e. The van der Waals surface area contributed by atoms with Crippen LogP contribution in [0, 0.1) is 0 Å². The summed E-state index contributed by atoms with van der Waals surface area (Å²) in [5.74, 6) is 0. The molecule has 0 spiro atoms. The quantitative estimate of drug-likeness (QED) is 0.671. The van der Waals surface area contributed by atoms with Crippen LogP contribution in [0.2, 0.25) is 0 Å². The van der Waals surface area contributed by atoms with Gasteiger partial charge in [-0.25, -0.2) is 4.79 Å². The summed E-state index contributed by atoms with van der Waals surface area (Å²) in [6.07, 6.45) is -1.14. The van der Waals surface area contributed by atoms with Crippen LogP contribution in [0.4, 0.5) is 10.5 Å². The SMILES string of the molecule is CON(C(=O)O)c1ccccc1CBr. The van der Waals surface area contributed by atoms with Crippen molar-refractivity contribution in [2.75, 3.05) is 12.2 Å². The van der Waals surface area contributed by atoms with Crippen molar-refractivity contribution in [3.8, 4) is 0 Å². The number of benzene rings is 1. The fourth-order valence-electron chi connectivity index (χ4n) is 1.10. The van der Waals surface area contributed by atoms with Crippen molar-refractivity contribution in [3.05, 3.63) is 29.8 Å². The van der Waals surface area contributed by atoms with Gasteiger partial charge >= 0.3 is 6.09 Å². The van der Waals surface area contributed by atoms with E-state index in [1.54, 1.807) is 12.1 Å². The Balaban J connectivity index is 3.08. The van der Waals surface area contributed by atoms with E-state index in [0.29, 0.717) is 11.0 Å². The van der Waals surface area contributed by atoms with Crippen LogP contribution in [0.3, 0.4) is 0 Å². The molecular weight excluding hydrogens is 250 g/mol. The van der Waals surface area contributed by atoms with Gasteiger partial charge in [0.25, 0.3) is 0 Å². The Hall–Kier alpha value is -1.07. The van der Waals surface area contributed by atoms with Gasteiger partial charge in [-0.2, -0.15) is 5.06 Å². The molecule has 0 radical (unpaired) electrons. The number of hydroxylamine groups is 1. The third-order valence-electron chi connectivity index (χ3n) is 1.71. The van der Waals surface area contributed by atoms with Gasteiger partial charge in [0.2, 0.25) is 0 Å². The molecule has 0 atom stereocenters. The van der Waals surface area contributed by atoms with Gasteiger partial charge < -0.3 is 5.11 Å². The van der Waals surface area contributed by atoms with Crippen LogP contribution in [0.5, 0.6) is 0 Å². The normalized spacial score (nSPS) is 9.86. The number of nitrogens with zero attached hydrogens (tertiary/aromatic N) is 1. The van der Waals surface area contributed by atoms with Gasteiger partial charge in [-0.3, -0.25) is 4.84 Å². The molecule has 0 aromatic heterocycles. The topological polar surface area (TPSA) is 49.8 Å². The van der Waals surface area contributed by atoms with E-state index in [1.807, 2.05) is 12.1 Å². The summed E-state index contributed by atoms with van der Waals surface area (Å²) in [6, 6.07) is 7.12. The first-order valence-corrected chi connectivity index (χ1v) is 5.04. The summed E-state index contributed by atoms with van der Waals surface area (Å²) < 4.78 is 0. The third-order valence-corrected chi connectivity index (χ3v) is 2.31. The Labute approximate surface area is 90.2 Å². The second-order valence-corrected chi connectivity index (χ2v) is 3.08. The average molecular weight is 260 g/mol. The smallest absolute Gasteiger partial charge is 0.436 e. The molecule has 0 saturated heterocycles. The maximum atomic E-state index is 10.8. The molecule has 0 fully saturated rings. The number of carboxylic acid groups (broad SMARTS) is 1. The Bertz CT molecular complexity index is 330. The Morgan fingerprint density at radius 2 is 2.21 bits per heavy atom. The summed E-state index contributed by atoms with van der Waals surface area (Å²) in [5.41, 5.74) is 1.39. The molecule has 1 aromatic rings. The van der Waals surface area contributed by atoms with Gasteiger partial charge in [0.1, 0.15) is 0 Å². The molecule has 14 heavy (non-hydrogen) atoms. The summed E-state index contributed by atoms with van der Waals surface area (Å²) in [4.78, 5) is 15.5. The van der Waals surface area contributed by atoms with E-state index in [-0.39, 0.29) is 0 Å². The Morgan fingerprint density at radius 3 is 2.71 bits per heavy atom. The minimum atomic E-state index is -1.14. The van der Waals surface area contributed by atoms with Gasteiger partial charge in [0.15, 0.2) is 0 Å². The van der Waals surface area contributed by atoms with Crippen LogP contribution in [0.15, 0.2) is 24.3 Å². The number of hydrogen-bond donors (Lipinski definition) is 1. The van der Waals surface area contributed by atoms with Gasteiger partial charge in [-0.05, 0) is 11.6 Å².